The fourth-order valence-corrected chi connectivity index (χ4v) is 1.30. The number of hydrogen-bond acceptors (Lipinski definition) is 1. The van der Waals surface area contributed by atoms with Gasteiger partial charge in [-0.2, -0.15) is 0 Å². The van der Waals surface area contributed by atoms with Gasteiger partial charge in [-0.3, -0.25) is 0 Å². The van der Waals surface area contributed by atoms with E-state index in [1.165, 1.54) is 0 Å². The van der Waals surface area contributed by atoms with Crippen molar-refractivity contribution >= 4 is 0 Å². The van der Waals surface area contributed by atoms with Gasteiger partial charge in [-0.05, 0) is 37.0 Å². The van der Waals surface area contributed by atoms with Crippen molar-refractivity contribution in [3.05, 3.63) is 59.9 Å². The highest BCUT2D eigenvalue weighted by molar-refractivity contribution is 5.47. The molecule has 0 fully saturated rings. The maximum absolute atomic E-state index is 5.60. The molecule has 0 heterocycles. The molecular formula is C13H17N. The first-order valence-corrected chi connectivity index (χ1v) is 4.86. The van der Waals surface area contributed by atoms with Gasteiger partial charge in [0.05, 0.1) is 0 Å². The molecule has 1 aliphatic carbocycles. The third-order valence-corrected chi connectivity index (χ3v) is 1.98. The Morgan fingerprint density at radius 1 is 1.43 bits per heavy atom. The summed E-state index contributed by atoms with van der Waals surface area (Å²) >= 11 is 0. The molecule has 0 radical (unpaired) electrons. The van der Waals surface area contributed by atoms with Crippen molar-refractivity contribution in [2.75, 3.05) is 0 Å². The highest BCUT2D eigenvalue weighted by Crippen LogP contribution is 2.14. The van der Waals surface area contributed by atoms with E-state index in [-0.39, 0.29) is 0 Å². The van der Waals surface area contributed by atoms with E-state index in [9.17, 15) is 0 Å². The summed E-state index contributed by atoms with van der Waals surface area (Å²) in [6.45, 7) is 5.85. The molecule has 1 heteroatoms. The second kappa shape index (κ2) is 5.28. The quantitative estimate of drug-likeness (QED) is 0.660. The first kappa shape index (κ1) is 10.6. The van der Waals surface area contributed by atoms with Gasteiger partial charge in [0.1, 0.15) is 0 Å². The zero-order valence-electron chi connectivity index (χ0n) is 8.66. The summed E-state index contributed by atoms with van der Waals surface area (Å²) in [6, 6.07) is 0. The summed E-state index contributed by atoms with van der Waals surface area (Å²) in [6.07, 6.45) is 14.7. The number of hydrogen-bond donors (Lipinski definition) is 1. The van der Waals surface area contributed by atoms with Gasteiger partial charge in [0, 0.05) is 5.70 Å². The van der Waals surface area contributed by atoms with Gasteiger partial charge in [-0.1, -0.05) is 37.0 Å². The second-order valence-electron chi connectivity index (χ2n) is 3.44. The Bertz CT molecular complexity index is 323. The van der Waals surface area contributed by atoms with Crippen LogP contribution in [-0.2, 0) is 0 Å². The molecule has 0 aromatic rings. The van der Waals surface area contributed by atoms with Crippen LogP contribution >= 0.6 is 0 Å². The lowest BCUT2D eigenvalue weighted by Crippen LogP contribution is -1.92. The summed E-state index contributed by atoms with van der Waals surface area (Å²) in [5, 5.41) is 0. The topological polar surface area (TPSA) is 26.0 Å². The van der Waals surface area contributed by atoms with Crippen LogP contribution in [0.4, 0.5) is 0 Å². The third kappa shape index (κ3) is 3.48. The van der Waals surface area contributed by atoms with E-state index >= 15 is 0 Å². The summed E-state index contributed by atoms with van der Waals surface area (Å²) in [5.74, 6) is 0. The first-order valence-electron chi connectivity index (χ1n) is 4.86. The van der Waals surface area contributed by atoms with Crippen molar-refractivity contribution in [1.82, 2.24) is 0 Å². The summed E-state index contributed by atoms with van der Waals surface area (Å²) in [5.41, 5.74) is 8.48. The molecule has 0 aromatic carbocycles. The van der Waals surface area contributed by atoms with Crippen molar-refractivity contribution in [3.63, 3.8) is 0 Å². The molecule has 0 aliphatic heterocycles. The van der Waals surface area contributed by atoms with E-state index in [2.05, 4.69) is 37.0 Å². The number of allylic oxidation sites excluding steroid dienone is 9. The minimum Gasteiger partial charge on any atom is -0.402 e. The zero-order chi connectivity index (χ0) is 10.4. The Balaban J connectivity index is 2.84. The maximum Gasteiger partial charge on any atom is 0.00548 e. The monoisotopic (exact) mass is 187 g/mol. The van der Waals surface area contributed by atoms with Crippen molar-refractivity contribution in [2.45, 2.75) is 19.8 Å². The molecule has 74 valence electrons. The van der Waals surface area contributed by atoms with E-state index in [1.54, 1.807) is 0 Å². The molecule has 1 nitrogen and oxygen atoms in total. The molecule has 0 amide bonds. The molecule has 0 unspecified atom stereocenters. The molecule has 0 saturated heterocycles. The van der Waals surface area contributed by atoms with E-state index in [0.29, 0.717) is 0 Å². The van der Waals surface area contributed by atoms with Crippen molar-refractivity contribution in [2.24, 2.45) is 5.73 Å². The van der Waals surface area contributed by atoms with Crippen molar-refractivity contribution < 1.29 is 0 Å². The molecule has 14 heavy (non-hydrogen) atoms. The predicted octanol–water partition coefficient (Wildman–Crippen LogP) is 3.24. The number of nitrogens with two attached hydrogens (primary N) is 1. The molecule has 1 aliphatic rings. The Morgan fingerprint density at radius 2 is 2.14 bits per heavy atom. The predicted molar refractivity (Wildman–Crippen MR) is 62.7 cm³/mol. The van der Waals surface area contributed by atoms with E-state index in [4.69, 9.17) is 5.73 Å². The lowest BCUT2D eigenvalue weighted by Gasteiger charge is -2.03. The molecule has 0 bridgehead atoms. The van der Waals surface area contributed by atoms with Crippen LogP contribution in [0.2, 0.25) is 0 Å². The normalized spacial score (nSPS) is 19.5. The molecule has 0 spiro atoms. The lowest BCUT2D eigenvalue weighted by molar-refractivity contribution is 1.05. The van der Waals surface area contributed by atoms with Crippen LogP contribution in [0.5, 0.6) is 0 Å². The van der Waals surface area contributed by atoms with Crippen LogP contribution in [0.1, 0.15) is 19.8 Å². The van der Waals surface area contributed by atoms with Crippen molar-refractivity contribution in [3.8, 4) is 0 Å². The van der Waals surface area contributed by atoms with Crippen LogP contribution in [0.15, 0.2) is 59.9 Å². The third-order valence-electron chi connectivity index (χ3n) is 1.98. The van der Waals surface area contributed by atoms with Gasteiger partial charge < -0.3 is 5.73 Å². The molecule has 0 saturated carbocycles. The zero-order valence-corrected chi connectivity index (χ0v) is 8.66. The minimum absolute atomic E-state index is 0.787. The first-order chi connectivity index (χ1) is 6.70. The minimum atomic E-state index is 0.787. The Morgan fingerprint density at radius 3 is 2.86 bits per heavy atom. The Labute approximate surface area is 86.0 Å². The van der Waals surface area contributed by atoms with E-state index < -0.39 is 0 Å². The smallest absolute Gasteiger partial charge is 0.00548 e. The standard InChI is InChI=1S/C13H17N/c1-11(10-12(2)14)13-8-6-4-3-5-7-9-13/h4,6-10H,1,3,5,14H2,2H3/b6-4-,9-7?,12-10+,13-8?. The van der Waals surface area contributed by atoms with Gasteiger partial charge in [-0.25, -0.2) is 0 Å². The summed E-state index contributed by atoms with van der Waals surface area (Å²) < 4.78 is 0. The fraction of sp³-hybridized carbons (Fsp3) is 0.231. The average molecular weight is 187 g/mol. The molecular weight excluding hydrogens is 170 g/mol. The molecule has 0 aromatic heterocycles. The van der Waals surface area contributed by atoms with E-state index in [0.717, 1.165) is 29.7 Å². The van der Waals surface area contributed by atoms with Gasteiger partial charge in [0.25, 0.3) is 0 Å². The van der Waals surface area contributed by atoms with Crippen LogP contribution < -0.4 is 5.73 Å². The van der Waals surface area contributed by atoms with Gasteiger partial charge in [0.15, 0.2) is 0 Å². The van der Waals surface area contributed by atoms with Gasteiger partial charge in [-0.15, -0.1) is 0 Å². The van der Waals surface area contributed by atoms with Crippen LogP contribution in [0, 0.1) is 0 Å². The highest BCUT2D eigenvalue weighted by atomic mass is 14.5. The molecule has 2 N–H and O–H groups in total. The van der Waals surface area contributed by atoms with Crippen LogP contribution in [0.25, 0.3) is 0 Å². The summed E-state index contributed by atoms with van der Waals surface area (Å²) in [4.78, 5) is 0. The van der Waals surface area contributed by atoms with Crippen LogP contribution in [-0.4, -0.2) is 0 Å². The molecule has 1 rings (SSSR count). The highest BCUT2D eigenvalue weighted by Gasteiger charge is 1.96. The van der Waals surface area contributed by atoms with Gasteiger partial charge in [0.2, 0.25) is 0 Å². The Hall–Kier alpha value is -1.50. The fourth-order valence-electron chi connectivity index (χ4n) is 1.30. The lowest BCUT2D eigenvalue weighted by atomic mass is 10.0. The largest absolute Gasteiger partial charge is 0.402 e. The SMILES string of the molecule is C=C(/C=C(\C)N)C1=C/C=C\CCC=C1. The van der Waals surface area contributed by atoms with Crippen LogP contribution in [0.3, 0.4) is 0 Å². The number of rotatable bonds is 2. The second-order valence-corrected chi connectivity index (χ2v) is 3.44. The molecule has 0 atom stereocenters. The Kier molecular flexibility index (Phi) is 3.99. The van der Waals surface area contributed by atoms with E-state index in [1.807, 2.05) is 13.0 Å². The van der Waals surface area contributed by atoms with Crippen molar-refractivity contribution in [1.29, 1.82) is 0 Å². The summed E-state index contributed by atoms with van der Waals surface area (Å²) in [7, 11) is 0. The average Bonchev–Trinajstić information content (AvgIpc) is 2.00. The van der Waals surface area contributed by atoms with Gasteiger partial charge >= 0.3 is 0 Å². The maximum atomic E-state index is 5.60.